The molecule has 0 bridgehead atoms. The monoisotopic (exact) mass is 558 g/mol. The SMILES string of the molecule is C=Cc1cc(N(N=C)/N=C(\N)[C@@H]2C[C@@H](C(=O)OC)N(C(=O)[C@@H](NC(=O)OC(C)(C)C)C(C)(C)C)C2)ccc1OC. The highest BCUT2D eigenvalue weighted by Crippen LogP contribution is 2.31. The summed E-state index contributed by atoms with van der Waals surface area (Å²) < 4.78 is 15.7. The van der Waals surface area contributed by atoms with Crippen molar-refractivity contribution in [2.45, 2.75) is 65.6 Å². The quantitative estimate of drug-likeness (QED) is 0.203. The first-order valence-electron chi connectivity index (χ1n) is 12.8. The van der Waals surface area contributed by atoms with Gasteiger partial charge in [0.1, 0.15) is 29.3 Å². The van der Waals surface area contributed by atoms with Crippen LogP contribution in [0.3, 0.4) is 0 Å². The van der Waals surface area contributed by atoms with Crippen molar-refractivity contribution >= 4 is 42.3 Å². The predicted octanol–water partition coefficient (Wildman–Crippen LogP) is 3.36. The Morgan fingerprint density at radius 3 is 2.35 bits per heavy atom. The lowest BCUT2D eigenvalue weighted by molar-refractivity contribution is -0.152. The summed E-state index contributed by atoms with van der Waals surface area (Å²) in [6.07, 6.45) is 1.07. The molecular weight excluding hydrogens is 516 g/mol. The molecule has 1 saturated heterocycles. The number of carbonyl (C=O) groups is 3. The number of anilines is 1. The van der Waals surface area contributed by atoms with E-state index in [1.54, 1.807) is 52.2 Å². The van der Waals surface area contributed by atoms with Crippen molar-refractivity contribution in [3.63, 3.8) is 0 Å². The molecule has 0 spiro atoms. The van der Waals surface area contributed by atoms with Gasteiger partial charge in [-0.25, -0.2) is 9.59 Å². The van der Waals surface area contributed by atoms with Crippen molar-refractivity contribution in [2.75, 3.05) is 25.9 Å². The fourth-order valence-corrected chi connectivity index (χ4v) is 4.26. The van der Waals surface area contributed by atoms with Gasteiger partial charge in [0.25, 0.3) is 0 Å². The lowest BCUT2D eigenvalue weighted by Gasteiger charge is -2.35. The van der Waals surface area contributed by atoms with Gasteiger partial charge in [-0.15, -0.1) is 5.10 Å². The minimum atomic E-state index is -0.991. The fraction of sp³-hybridized carbons (Fsp3) is 0.536. The zero-order valence-corrected chi connectivity index (χ0v) is 24.7. The first-order chi connectivity index (χ1) is 18.6. The largest absolute Gasteiger partial charge is 0.496 e. The maximum Gasteiger partial charge on any atom is 0.408 e. The highest BCUT2D eigenvalue weighted by Gasteiger charge is 2.46. The second-order valence-electron chi connectivity index (χ2n) is 11.5. The number of hydrogen-bond acceptors (Lipinski definition) is 9. The molecule has 0 unspecified atom stereocenters. The van der Waals surface area contributed by atoms with Crippen LogP contribution in [0, 0.1) is 11.3 Å². The number of rotatable bonds is 9. The third-order valence-electron chi connectivity index (χ3n) is 6.26. The number of likely N-dealkylation sites (tertiary alicyclic amines) is 1. The van der Waals surface area contributed by atoms with Crippen LogP contribution < -0.4 is 20.9 Å². The van der Waals surface area contributed by atoms with E-state index in [4.69, 9.17) is 19.9 Å². The van der Waals surface area contributed by atoms with Gasteiger partial charge in [0.2, 0.25) is 5.91 Å². The van der Waals surface area contributed by atoms with Gasteiger partial charge in [-0.05, 0) is 50.8 Å². The molecule has 0 saturated carbocycles. The van der Waals surface area contributed by atoms with Crippen LogP contribution >= 0.6 is 0 Å². The van der Waals surface area contributed by atoms with Crippen molar-refractivity contribution in [3.8, 4) is 5.75 Å². The zero-order chi connectivity index (χ0) is 30.4. The predicted molar refractivity (Wildman–Crippen MR) is 155 cm³/mol. The Kier molecular flexibility index (Phi) is 10.3. The number of carbonyl (C=O) groups excluding carboxylic acids is 3. The van der Waals surface area contributed by atoms with Gasteiger partial charge in [-0.1, -0.05) is 33.4 Å². The average molecular weight is 559 g/mol. The Labute approximate surface area is 236 Å². The van der Waals surface area contributed by atoms with Gasteiger partial charge in [0.15, 0.2) is 0 Å². The summed E-state index contributed by atoms with van der Waals surface area (Å²) in [5, 5.41) is 12.3. The summed E-state index contributed by atoms with van der Waals surface area (Å²) >= 11 is 0. The van der Waals surface area contributed by atoms with Crippen LogP contribution in [-0.4, -0.2) is 73.9 Å². The number of alkyl carbamates (subject to hydrolysis) is 1. The average Bonchev–Trinajstić information content (AvgIpc) is 3.33. The lowest BCUT2D eigenvalue weighted by Crippen LogP contribution is -2.57. The Balaban J connectivity index is 2.37. The molecule has 12 nitrogen and oxygen atoms in total. The minimum Gasteiger partial charge on any atom is -0.496 e. The number of methoxy groups -OCH3 is 2. The molecular formula is C28H42N6O6. The molecule has 1 aromatic carbocycles. The summed E-state index contributed by atoms with van der Waals surface area (Å²) in [7, 11) is 2.81. The van der Waals surface area contributed by atoms with E-state index in [9.17, 15) is 14.4 Å². The van der Waals surface area contributed by atoms with Crippen LogP contribution in [0.15, 0.2) is 35.0 Å². The molecule has 1 aliphatic rings. The number of hydrogen-bond donors (Lipinski definition) is 2. The van der Waals surface area contributed by atoms with Crippen molar-refractivity contribution in [1.29, 1.82) is 0 Å². The number of benzene rings is 1. The summed E-state index contributed by atoms with van der Waals surface area (Å²) in [4.78, 5) is 40.5. The molecule has 1 heterocycles. The van der Waals surface area contributed by atoms with Gasteiger partial charge in [-0.2, -0.15) is 10.2 Å². The maximum atomic E-state index is 13.8. The van der Waals surface area contributed by atoms with Gasteiger partial charge in [-0.3, -0.25) is 4.79 Å². The maximum absolute atomic E-state index is 13.8. The van der Waals surface area contributed by atoms with E-state index < -0.39 is 47.0 Å². The molecule has 2 amide bonds. The highest BCUT2D eigenvalue weighted by atomic mass is 16.6. The summed E-state index contributed by atoms with van der Waals surface area (Å²) in [6.45, 7) is 18.1. The topological polar surface area (TPSA) is 148 Å². The number of nitrogens with zero attached hydrogens (tertiary/aromatic N) is 4. The molecule has 0 aromatic heterocycles. The number of nitrogens with two attached hydrogens (primary N) is 1. The molecule has 0 aliphatic carbocycles. The van der Waals surface area contributed by atoms with E-state index in [-0.39, 0.29) is 18.8 Å². The molecule has 3 N–H and O–H groups in total. The van der Waals surface area contributed by atoms with Crippen LogP contribution in [0.2, 0.25) is 0 Å². The van der Waals surface area contributed by atoms with E-state index >= 15 is 0 Å². The molecule has 220 valence electrons. The van der Waals surface area contributed by atoms with Crippen molar-refractivity contribution in [1.82, 2.24) is 10.2 Å². The standard InChI is InChI=1S/C28H42N6O6/c1-11-17-14-19(12-13-21(17)38-9)34(30-8)32-23(29)18-15-20(25(36)39-10)33(16-18)24(35)22(27(2,3)4)31-26(37)40-28(5,6)7/h11-14,18,20,22H,1,8,15-16H2,2-7,9-10H3,(H2,29,32)(H,31,37)/t18-,20+,22-/m1/s1. The first-order valence-corrected chi connectivity index (χ1v) is 12.8. The number of nitrogens with one attached hydrogen (secondary N) is 1. The van der Waals surface area contributed by atoms with Crippen molar-refractivity contribution in [3.05, 3.63) is 30.3 Å². The molecule has 1 fully saturated rings. The van der Waals surface area contributed by atoms with Crippen LogP contribution in [0.5, 0.6) is 5.75 Å². The molecule has 12 heteroatoms. The summed E-state index contributed by atoms with van der Waals surface area (Å²) in [5.74, 6) is -0.804. The van der Waals surface area contributed by atoms with Crippen LogP contribution in [0.25, 0.3) is 6.08 Å². The fourth-order valence-electron chi connectivity index (χ4n) is 4.26. The van der Waals surface area contributed by atoms with E-state index in [1.807, 2.05) is 20.8 Å². The molecule has 40 heavy (non-hydrogen) atoms. The molecule has 1 aromatic rings. The number of hydrazone groups is 2. The molecule has 0 radical (unpaired) electrons. The van der Waals surface area contributed by atoms with Crippen LogP contribution in [0.4, 0.5) is 10.5 Å². The number of esters is 1. The molecule has 3 atom stereocenters. The summed E-state index contributed by atoms with van der Waals surface area (Å²) in [6, 6.07) is 3.31. The van der Waals surface area contributed by atoms with E-state index in [2.05, 4.69) is 28.8 Å². The van der Waals surface area contributed by atoms with Gasteiger partial charge in [0.05, 0.1) is 19.9 Å². The Hall–Kier alpha value is -4.09. The zero-order valence-electron chi connectivity index (χ0n) is 24.7. The van der Waals surface area contributed by atoms with E-state index in [1.165, 1.54) is 17.1 Å². The van der Waals surface area contributed by atoms with Gasteiger partial charge < -0.3 is 30.2 Å². The Morgan fingerprint density at radius 2 is 1.85 bits per heavy atom. The Morgan fingerprint density at radius 1 is 1.20 bits per heavy atom. The minimum absolute atomic E-state index is 0.0714. The van der Waals surface area contributed by atoms with Crippen molar-refractivity contribution < 1.29 is 28.6 Å². The van der Waals surface area contributed by atoms with Gasteiger partial charge in [0, 0.05) is 24.7 Å². The number of ether oxygens (including phenoxy) is 3. The highest BCUT2D eigenvalue weighted by molar-refractivity contribution is 5.93. The first kappa shape index (κ1) is 32.1. The summed E-state index contributed by atoms with van der Waals surface area (Å²) in [5.41, 5.74) is 6.21. The lowest BCUT2D eigenvalue weighted by atomic mass is 9.85. The smallest absolute Gasteiger partial charge is 0.408 e. The Bertz CT molecular complexity index is 1150. The number of amides is 2. The van der Waals surface area contributed by atoms with Crippen molar-refractivity contribution in [2.24, 2.45) is 27.3 Å². The number of amidine groups is 1. The van der Waals surface area contributed by atoms with Crippen LogP contribution in [-0.2, 0) is 19.1 Å². The van der Waals surface area contributed by atoms with Gasteiger partial charge >= 0.3 is 12.1 Å². The normalized spacial score (nSPS) is 18.4. The second-order valence-corrected chi connectivity index (χ2v) is 11.5. The van der Waals surface area contributed by atoms with E-state index in [0.717, 1.165) is 5.56 Å². The third-order valence-corrected chi connectivity index (χ3v) is 6.26. The van der Waals surface area contributed by atoms with E-state index in [0.29, 0.717) is 11.4 Å². The second kappa shape index (κ2) is 12.8. The molecule has 1 aliphatic heterocycles. The third kappa shape index (κ3) is 7.96. The van der Waals surface area contributed by atoms with Crippen LogP contribution in [0.1, 0.15) is 53.5 Å². The molecule has 2 rings (SSSR count).